The van der Waals surface area contributed by atoms with Crippen LogP contribution in [0.1, 0.15) is 16.3 Å². The van der Waals surface area contributed by atoms with Crippen LogP contribution in [-0.2, 0) is 13.1 Å². The minimum absolute atomic E-state index is 0.00968. The maximum atomic E-state index is 12.5. The minimum Gasteiger partial charge on any atom is -0.351 e. The van der Waals surface area contributed by atoms with Crippen molar-refractivity contribution in [1.29, 1.82) is 0 Å². The summed E-state index contributed by atoms with van der Waals surface area (Å²) in [6, 6.07) is 9.79. The largest absolute Gasteiger partial charge is 0.351 e. The number of nitrogens with one attached hydrogen (secondary N) is 1. The maximum Gasteiger partial charge on any atom is 0.270 e. The standard InChI is InChI=1S/C14H13N5O/c20-14(12-7-10-3-1-2-4-11(10)16-12)18-5-6-19-9-15-17-13(19)8-18/h1-4,7,9,16H,5-6,8H2. The molecule has 100 valence electrons. The zero-order valence-electron chi connectivity index (χ0n) is 10.8. The molecule has 1 aromatic carbocycles. The Morgan fingerprint density at radius 3 is 3.05 bits per heavy atom. The van der Waals surface area contributed by atoms with Crippen LogP contribution in [0.3, 0.4) is 0 Å². The number of carbonyl (C=O) groups excluding carboxylic acids is 1. The first-order chi connectivity index (χ1) is 9.81. The SMILES string of the molecule is O=C(c1cc2ccccc2[nH]1)N1CCn2cnnc2C1. The number of hydrogen-bond acceptors (Lipinski definition) is 3. The number of para-hydroxylation sites is 1. The molecule has 1 aliphatic rings. The molecule has 6 nitrogen and oxygen atoms in total. The van der Waals surface area contributed by atoms with Gasteiger partial charge in [0, 0.05) is 24.0 Å². The van der Waals surface area contributed by atoms with Crippen molar-refractivity contribution in [2.24, 2.45) is 0 Å². The van der Waals surface area contributed by atoms with Gasteiger partial charge < -0.3 is 14.5 Å². The van der Waals surface area contributed by atoms with Gasteiger partial charge in [-0.2, -0.15) is 0 Å². The zero-order valence-corrected chi connectivity index (χ0v) is 10.8. The van der Waals surface area contributed by atoms with Gasteiger partial charge in [0.05, 0.1) is 6.54 Å². The summed E-state index contributed by atoms with van der Waals surface area (Å²) in [5.74, 6) is 0.844. The van der Waals surface area contributed by atoms with E-state index in [1.807, 2.05) is 34.9 Å². The van der Waals surface area contributed by atoms with Crippen molar-refractivity contribution in [2.75, 3.05) is 6.54 Å². The summed E-state index contributed by atoms with van der Waals surface area (Å²) < 4.78 is 1.98. The van der Waals surface area contributed by atoms with Crippen LogP contribution < -0.4 is 0 Å². The van der Waals surface area contributed by atoms with Gasteiger partial charge in [0.2, 0.25) is 0 Å². The van der Waals surface area contributed by atoms with E-state index in [1.165, 1.54) is 0 Å². The second-order valence-electron chi connectivity index (χ2n) is 4.94. The summed E-state index contributed by atoms with van der Waals surface area (Å²) in [6.45, 7) is 1.93. The van der Waals surface area contributed by atoms with Gasteiger partial charge in [-0.25, -0.2) is 0 Å². The molecule has 0 radical (unpaired) electrons. The molecule has 3 heterocycles. The highest BCUT2D eigenvalue weighted by atomic mass is 16.2. The molecule has 0 aliphatic carbocycles. The molecular formula is C14H13N5O. The Labute approximate surface area is 115 Å². The van der Waals surface area contributed by atoms with Crippen LogP contribution in [0.4, 0.5) is 0 Å². The molecule has 1 aliphatic heterocycles. The molecule has 1 N–H and O–H groups in total. The molecule has 2 aromatic heterocycles. The fourth-order valence-corrected chi connectivity index (χ4v) is 2.60. The number of H-pyrrole nitrogens is 1. The highest BCUT2D eigenvalue weighted by Crippen LogP contribution is 2.18. The number of nitrogens with zero attached hydrogens (tertiary/aromatic N) is 4. The first-order valence-electron chi connectivity index (χ1n) is 6.55. The number of benzene rings is 1. The van der Waals surface area contributed by atoms with Crippen molar-refractivity contribution in [1.82, 2.24) is 24.6 Å². The highest BCUT2D eigenvalue weighted by molar-refractivity contribution is 5.98. The molecule has 0 fully saturated rings. The number of amides is 1. The average molecular weight is 267 g/mol. The summed E-state index contributed by atoms with van der Waals surface area (Å²) in [6.07, 6.45) is 1.71. The third kappa shape index (κ3) is 1.69. The molecule has 20 heavy (non-hydrogen) atoms. The van der Waals surface area contributed by atoms with Crippen LogP contribution in [0, 0.1) is 0 Å². The van der Waals surface area contributed by atoms with Gasteiger partial charge in [0.25, 0.3) is 5.91 Å². The summed E-state index contributed by atoms with van der Waals surface area (Å²) in [4.78, 5) is 17.5. The van der Waals surface area contributed by atoms with Crippen LogP contribution in [0.25, 0.3) is 10.9 Å². The Morgan fingerprint density at radius 1 is 1.25 bits per heavy atom. The van der Waals surface area contributed by atoms with E-state index >= 15 is 0 Å². The van der Waals surface area contributed by atoms with Crippen LogP contribution >= 0.6 is 0 Å². The molecule has 0 saturated heterocycles. The Bertz CT molecular complexity index is 755. The third-order valence-corrected chi connectivity index (χ3v) is 3.69. The Morgan fingerprint density at radius 2 is 2.15 bits per heavy atom. The second kappa shape index (κ2) is 4.19. The van der Waals surface area contributed by atoms with Crippen molar-refractivity contribution >= 4 is 16.8 Å². The topological polar surface area (TPSA) is 66.8 Å². The third-order valence-electron chi connectivity index (χ3n) is 3.69. The number of fused-ring (bicyclic) bond motifs is 2. The summed E-state index contributed by atoms with van der Waals surface area (Å²) in [7, 11) is 0. The monoisotopic (exact) mass is 267 g/mol. The molecular weight excluding hydrogens is 254 g/mol. The van der Waals surface area contributed by atoms with E-state index in [9.17, 15) is 4.79 Å². The Balaban J connectivity index is 1.64. The molecule has 1 amide bonds. The van der Waals surface area contributed by atoms with Gasteiger partial charge in [0.1, 0.15) is 12.0 Å². The normalized spacial score (nSPS) is 14.5. The molecule has 0 saturated carbocycles. The van der Waals surface area contributed by atoms with E-state index in [1.54, 1.807) is 11.2 Å². The van der Waals surface area contributed by atoms with E-state index in [0.29, 0.717) is 18.8 Å². The second-order valence-corrected chi connectivity index (χ2v) is 4.94. The first-order valence-corrected chi connectivity index (χ1v) is 6.55. The van der Waals surface area contributed by atoms with Crippen molar-refractivity contribution < 1.29 is 4.79 Å². The van der Waals surface area contributed by atoms with Crippen LogP contribution in [0.15, 0.2) is 36.7 Å². The lowest BCUT2D eigenvalue weighted by molar-refractivity contribution is 0.0702. The van der Waals surface area contributed by atoms with Gasteiger partial charge in [-0.15, -0.1) is 10.2 Å². The maximum absolute atomic E-state index is 12.5. The summed E-state index contributed by atoms with van der Waals surface area (Å²) >= 11 is 0. The van der Waals surface area contributed by atoms with Crippen LogP contribution in [-0.4, -0.2) is 37.1 Å². The lowest BCUT2D eigenvalue weighted by Gasteiger charge is -2.26. The van der Waals surface area contributed by atoms with Gasteiger partial charge in [-0.1, -0.05) is 18.2 Å². The lowest BCUT2D eigenvalue weighted by Crippen LogP contribution is -2.38. The zero-order chi connectivity index (χ0) is 13.5. The molecule has 4 rings (SSSR count). The van der Waals surface area contributed by atoms with Gasteiger partial charge in [-0.05, 0) is 12.1 Å². The number of aromatic amines is 1. The van der Waals surface area contributed by atoms with E-state index in [0.717, 1.165) is 23.3 Å². The van der Waals surface area contributed by atoms with E-state index in [4.69, 9.17) is 0 Å². The van der Waals surface area contributed by atoms with Gasteiger partial charge in [-0.3, -0.25) is 4.79 Å². The van der Waals surface area contributed by atoms with Crippen molar-refractivity contribution in [3.8, 4) is 0 Å². The van der Waals surface area contributed by atoms with Crippen molar-refractivity contribution in [3.05, 3.63) is 48.2 Å². The van der Waals surface area contributed by atoms with Crippen molar-refractivity contribution in [3.63, 3.8) is 0 Å². The Hall–Kier alpha value is -2.63. The predicted octanol–water partition coefficient (Wildman–Crippen LogP) is 1.42. The number of rotatable bonds is 1. The molecule has 6 heteroatoms. The number of carbonyl (C=O) groups is 1. The fraction of sp³-hybridized carbons (Fsp3) is 0.214. The first kappa shape index (κ1) is 11.2. The van der Waals surface area contributed by atoms with Crippen LogP contribution in [0.2, 0.25) is 0 Å². The molecule has 0 unspecified atom stereocenters. The van der Waals surface area contributed by atoms with E-state index < -0.39 is 0 Å². The smallest absolute Gasteiger partial charge is 0.270 e. The molecule has 0 spiro atoms. The molecule has 0 bridgehead atoms. The van der Waals surface area contributed by atoms with Gasteiger partial charge >= 0.3 is 0 Å². The summed E-state index contributed by atoms with van der Waals surface area (Å²) in [5.41, 5.74) is 1.61. The molecule has 3 aromatic rings. The number of hydrogen-bond donors (Lipinski definition) is 1. The molecule has 0 atom stereocenters. The van der Waals surface area contributed by atoms with E-state index in [2.05, 4.69) is 15.2 Å². The fourth-order valence-electron chi connectivity index (χ4n) is 2.60. The Kier molecular flexibility index (Phi) is 2.35. The van der Waals surface area contributed by atoms with Crippen LogP contribution in [0.5, 0.6) is 0 Å². The number of aromatic nitrogens is 4. The average Bonchev–Trinajstić information content (AvgIpc) is 3.11. The lowest BCUT2D eigenvalue weighted by atomic mass is 10.2. The van der Waals surface area contributed by atoms with Gasteiger partial charge in [0.15, 0.2) is 5.82 Å². The quantitative estimate of drug-likeness (QED) is 0.725. The minimum atomic E-state index is 0.00968. The summed E-state index contributed by atoms with van der Waals surface area (Å²) in [5, 5.41) is 8.96. The van der Waals surface area contributed by atoms with E-state index in [-0.39, 0.29) is 5.91 Å². The highest BCUT2D eigenvalue weighted by Gasteiger charge is 2.23. The van der Waals surface area contributed by atoms with Crippen molar-refractivity contribution in [2.45, 2.75) is 13.1 Å². The predicted molar refractivity (Wildman–Crippen MR) is 73.1 cm³/mol.